The number of pyridine rings is 2. The molecule has 0 aliphatic carbocycles. The molecule has 0 aromatic carbocycles. The average molecular weight is 219 g/mol. The first kappa shape index (κ1) is 11.6. The van der Waals surface area contributed by atoms with Crippen LogP contribution in [0.2, 0.25) is 0 Å². The molecule has 0 saturated heterocycles. The fourth-order valence-electron chi connectivity index (χ4n) is 1.10. The van der Waals surface area contributed by atoms with Gasteiger partial charge in [0.05, 0.1) is 5.56 Å². The first-order valence-electron chi connectivity index (χ1n) is 4.27. The molecule has 0 bridgehead atoms. The van der Waals surface area contributed by atoms with Crippen molar-refractivity contribution >= 4 is 23.4 Å². The molecule has 3 N–H and O–H groups in total. The van der Waals surface area contributed by atoms with Gasteiger partial charge in [-0.2, -0.15) is 0 Å². The molecule has 6 heteroatoms. The van der Waals surface area contributed by atoms with Crippen molar-refractivity contribution in [1.82, 2.24) is 9.97 Å². The summed E-state index contributed by atoms with van der Waals surface area (Å²) < 4.78 is 0. The highest BCUT2D eigenvalue weighted by molar-refractivity contribution is 5.95. The molecule has 0 saturated carbocycles. The molecule has 16 heavy (non-hydrogen) atoms. The number of hydrogen-bond acceptors (Lipinski definition) is 4. The maximum absolute atomic E-state index is 10.8. The maximum Gasteiger partial charge on any atom is 0.290 e. The minimum atomic E-state index is -0.474. The molecule has 0 aliphatic rings. The summed E-state index contributed by atoms with van der Waals surface area (Å²) >= 11 is 0. The summed E-state index contributed by atoms with van der Waals surface area (Å²) in [4.78, 5) is 27.2. The van der Waals surface area contributed by atoms with Crippen LogP contribution in [0.25, 0.3) is 11.0 Å². The van der Waals surface area contributed by atoms with Crippen molar-refractivity contribution in [3.63, 3.8) is 0 Å². The lowest BCUT2D eigenvalue weighted by Gasteiger charge is -1.97. The summed E-state index contributed by atoms with van der Waals surface area (Å²) in [6, 6.07) is 5.30. The fraction of sp³-hybridized carbons (Fsp3) is 0. The number of amides is 1. The number of hydrogen-bond donors (Lipinski definition) is 2. The van der Waals surface area contributed by atoms with Gasteiger partial charge in [0.1, 0.15) is 0 Å². The van der Waals surface area contributed by atoms with Gasteiger partial charge in [-0.05, 0) is 18.2 Å². The molecular weight excluding hydrogens is 210 g/mol. The predicted molar refractivity (Wildman–Crippen MR) is 56.7 cm³/mol. The van der Waals surface area contributed by atoms with E-state index in [0.29, 0.717) is 11.2 Å². The Bertz CT molecular complexity index is 513. The van der Waals surface area contributed by atoms with Crippen molar-refractivity contribution in [2.75, 3.05) is 0 Å². The number of carboxylic acid groups (broad SMARTS) is 1. The van der Waals surface area contributed by atoms with E-state index in [1.54, 1.807) is 18.3 Å². The molecular formula is C10H9N3O3. The predicted octanol–water partition coefficient (Wildman–Crippen LogP) is 0.429. The first-order chi connectivity index (χ1) is 7.69. The van der Waals surface area contributed by atoms with Gasteiger partial charge in [-0.15, -0.1) is 0 Å². The van der Waals surface area contributed by atoms with Crippen LogP contribution < -0.4 is 5.73 Å². The van der Waals surface area contributed by atoms with Gasteiger partial charge in [0.15, 0.2) is 5.65 Å². The summed E-state index contributed by atoms with van der Waals surface area (Å²) in [6.07, 6.45) is 3.08. The molecule has 0 atom stereocenters. The smallest absolute Gasteiger partial charge is 0.290 e. The molecule has 0 unspecified atom stereocenters. The number of aromatic nitrogens is 2. The van der Waals surface area contributed by atoms with Crippen LogP contribution in [0.4, 0.5) is 0 Å². The van der Waals surface area contributed by atoms with Crippen LogP contribution in [0.15, 0.2) is 30.6 Å². The Morgan fingerprint density at radius 3 is 2.75 bits per heavy atom. The second-order valence-corrected chi connectivity index (χ2v) is 2.74. The Morgan fingerprint density at radius 1 is 1.44 bits per heavy atom. The number of nitrogens with two attached hydrogens (primary N) is 1. The Balaban J connectivity index is 0.000000386. The Labute approximate surface area is 90.7 Å². The van der Waals surface area contributed by atoms with Gasteiger partial charge < -0.3 is 10.8 Å². The van der Waals surface area contributed by atoms with E-state index < -0.39 is 5.91 Å². The summed E-state index contributed by atoms with van der Waals surface area (Å²) in [6.45, 7) is -0.250. The van der Waals surface area contributed by atoms with Gasteiger partial charge in [0.2, 0.25) is 5.91 Å². The number of nitrogens with zero attached hydrogens (tertiary/aromatic N) is 2. The standard InChI is InChI=1S/C9H7N3O.CH2O2/c10-8(13)7-4-6-2-1-3-11-9(6)12-5-7;2-1-3/h1-5H,(H2,10,13);1H,(H,2,3). The van der Waals surface area contributed by atoms with Gasteiger partial charge >= 0.3 is 0 Å². The van der Waals surface area contributed by atoms with E-state index in [9.17, 15) is 4.79 Å². The summed E-state index contributed by atoms with van der Waals surface area (Å²) in [5.74, 6) is -0.474. The number of rotatable bonds is 1. The van der Waals surface area contributed by atoms with Crippen molar-refractivity contribution < 1.29 is 14.7 Å². The molecule has 2 aromatic heterocycles. The van der Waals surface area contributed by atoms with Crippen LogP contribution in [0.1, 0.15) is 10.4 Å². The zero-order valence-corrected chi connectivity index (χ0v) is 8.20. The molecule has 2 rings (SSSR count). The summed E-state index contributed by atoms with van der Waals surface area (Å²) in [5.41, 5.74) is 6.13. The van der Waals surface area contributed by atoms with Gasteiger partial charge in [0, 0.05) is 17.8 Å². The third-order valence-corrected chi connectivity index (χ3v) is 1.74. The van der Waals surface area contributed by atoms with E-state index in [-0.39, 0.29) is 6.47 Å². The Morgan fingerprint density at radius 2 is 2.12 bits per heavy atom. The minimum absolute atomic E-state index is 0.250. The molecule has 0 radical (unpaired) electrons. The molecule has 2 heterocycles. The molecule has 2 aromatic rings. The lowest BCUT2D eigenvalue weighted by Crippen LogP contribution is -2.11. The lowest BCUT2D eigenvalue weighted by molar-refractivity contribution is -0.122. The van der Waals surface area contributed by atoms with Gasteiger partial charge in [-0.3, -0.25) is 9.59 Å². The molecule has 82 valence electrons. The average Bonchev–Trinajstić information content (AvgIpc) is 2.29. The molecule has 0 spiro atoms. The number of primary amides is 1. The molecule has 6 nitrogen and oxygen atoms in total. The third-order valence-electron chi connectivity index (χ3n) is 1.74. The largest absolute Gasteiger partial charge is 0.483 e. The van der Waals surface area contributed by atoms with Crippen LogP contribution in [-0.4, -0.2) is 27.5 Å². The molecule has 0 fully saturated rings. The SMILES string of the molecule is NC(=O)c1cnc2ncccc2c1.O=CO. The second-order valence-electron chi connectivity index (χ2n) is 2.74. The zero-order chi connectivity index (χ0) is 12.0. The molecule has 1 amide bonds. The van der Waals surface area contributed by atoms with Crippen LogP contribution in [0, 0.1) is 0 Å². The van der Waals surface area contributed by atoms with E-state index in [0.717, 1.165) is 5.39 Å². The monoisotopic (exact) mass is 219 g/mol. The topological polar surface area (TPSA) is 106 Å². The van der Waals surface area contributed by atoms with E-state index in [2.05, 4.69) is 9.97 Å². The quantitative estimate of drug-likeness (QED) is 0.676. The summed E-state index contributed by atoms with van der Waals surface area (Å²) in [5, 5.41) is 7.71. The van der Waals surface area contributed by atoms with Crippen molar-refractivity contribution in [2.45, 2.75) is 0 Å². The third kappa shape index (κ3) is 2.74. The first-order valence-corrected chi connectivity index (χ1v) is 4.27. The van der Waals surface area contributed by atoms with Gasteiger partial charge in [0.25, 0.3) is 6.47 Å². The highest BCUT2D eigenvalue weighted by Gasteiger charge is 2.01. The van der Waals surface area contributed by atoms with Crippen LogP contribution in [-0.2, 0) is 4.79 Å². The van der Waals surface area contributed by atoms with Crippen LogP contribution >= 0.6 is 0 Å². The van der Waals surface area contributed by atoms with Crippen LogP contribution in [0.3, 0.4) is 0 Å². The van der Waals surface area contributed by atoms with Crippen molar-refractivity contribution in [3.05, 3.63) is 36.2 Å². The van der Waals surface area contributed by atoms with E-state index in [1.807, 2.05) is 6.07 Å². The normalized spacial score (nSPS) is 9.00. The van der Waals surface area contributed by atoms with E-state index >= 15 is 0 Å². The van der Waals surface area contributed by atoms with Crippen molar-refractivity contribution in [1.29, 1.82) is 0 Å². The second kappa shape index (κ2) is 5.40. The minimum Gasteiger partial charge on any atom is -0.483 e. The van der Waals surface area contributed by atoms with Gasteiger partial charge in [-0.1, -0.05) is 0 Å². The van der Waals surface area contributed by atoms with Crippen molar-refractivity contribution in [2.24, 2.45) is 5.73 Å². The van der Waals surface area contributed by atoms with Gasteiger partial charge in [-0.25, -0.2) is 9.97 Å². The number of carbonyl (C=O) groups is 2. The van der Waals surface area contributed by atoms with E-state index in [1.165, 1.54) is 6.20 Å². The summed E-state index contributed by atoms with van der Waals surface area (Å²) in [7, 11) is 0. The highest BCUT2D eigenvalue weighted by Crippen LogP contribution is 2.09. The number of carbonyl (C=O) groups excluding carboxylic acids is 1. The Kier molecular flexibility index (Phi) is 3.90. The van der Waals surface area contributed by atoms with E-state index in [4.69, 9.17) is 15.6 Å². The Hall–Kier alpha value is -2.50. The zero-order valence-electron chi connectivity index (χ0n) is 8.20. The fourth-order valence-corrected chi connectivity index (χ4v) is 1.10. The van der Waals surface area contributed by atoms with Crippen molar-refractivity contribution in [3.8, 4) is 0 Å². The maximum atomic E-state index is 10.8. The highest BCUT2D eigenvalue weighted by atomic mass is 16.3. The number of fused-ring (bicyclic) bond motifs is 1. The lowest BCUT2D eigenvalue weighted by atomic mass is 10.2. The molecule has 0 aliphatic heterocycles. The van der Waals surface area contributed by atoms with Crippen LogP contribution in [0.5, 0.6) is 0 Å².